The molecule has 0 bridgehead atoms. The lowest BCUT2D eigenvalue weighted by Gasteiger charge is -2.26. The Kier molecular flexibility index (Phi) is 10.6. The number of hydrogen-bond donors (Lipinski definition) is 0. The summed E-state index contributed by atoms with van der Waals surface area (Å²) in [5, 5.41) is 0. The molecule has 36 heavy (non-hydrogen) atoms. The number of likely N-dealkylation sites (tertiary alicyclic amines) is 2. The van der Waals surface area contributed by atoms with Crippen molar-refractivity contribution in [2.75, 3.05) is 52.5 Å². The van der Waals surface area contributed by atoms with Crippen molar-refractivity contribution in [1.82, 2.24) is 9.80 Å². The first-order valence-corrected chi connectivity index (χ1v) is 12.8. The Morgan fingerprint density at radius 3 is 1.33 bits per heavy atom. The van der Waals surface area contributed by atoms with E-state index in [1.54, 1.807) is 36.4 Å². The van der Waals surface area contributed by atoms with Crippen molar-refractivity contribution in [2.45, 2.75) is 38.5 Å². The molecule has 8 heteroatoms. The predicted octanol–water partition coefficient (Wildman–Crippen LogP) is 5.04. The van der Waals surface area contributed by atoms with Gasteiger partial charge in [-0.25, -0.2) is 0 Å². The minimum atomic E-state index is -0.133. The Bertz CT molecular complexity index is 966. The smallest absolute Gasteiger partial charge is 0.194 e. The summed E-state index contributed by atoms with van der Waals surface area (Å²) in [4.78, 5) is 31.2. The van der Waals surface area contributed by atoms with Gasteiger partial charge in [-0.3, -0.25) is 19.4 Å². The molecule has 0 radical (unpaired) electrons. The quantitative estimate of drug-likeness (QED) is 0.403. The van der Waals surface area contributed by atoms with Gasteiger partial charge in [0.15, 0.2) is 11.6 Å². The zero-order chi connectivity index (χ0) is 23.3. The highest BCUT2D eigenvalue weighted by Gasteiger charge is 2.30. The van der Waals surface area contributed by atoms with Gasteiger partial charge < -0.3 is 9.47 Å². The largest absolute Gasteiger partial charge is 0.492 e. The van der Waals surface area contributed by atoms with E-state index in [2.05, 4.69) is 9.80 Å². The maximum atomic E-state index is 13.2. The van der Waals surface area contributed by atoms with Crippen LogP contribution in [-0.2, 0) is 0 Å². The third kappa shape index (κ3) is 6.60. The summed E-state index contributed by atoms with van der Waals surface area (Å²) in [6.45, 7) is 7.43. The molecule has 2 heterocycles. The summed E-state index contributed by atoms with van der Waals surface area (Å²) in [6.07, 6.45) is 7.62. The van der Waals surface area contributed by atoms with E-state index < -0.39 is 0 Å². The number of piperidine rings is 2. The number of rotatable bonds is 8. The van der Waals surface area contributed by atoms with Crippen molar-refractivity contribution in [3.63, 3.8) is 0 Å². The minimum Gasteiger partial charge on any atom is -0.492 e. The van der Waals surface area contributed by atoms with Gasteiger partial charge in [0, 0.05) is 35.3 Å². The Morgan fingerprint density at radius 2 is 0.944 bits per heavy atom. The van der Waals surface area contributed by atoms with Gasteiger partial charge >= 0.3 is 0 Å². The van der Waals surface area contributed by atoms with Gasteiger partial charge in [0.2, 0.25) is 0 Å². The molecular weight excluding hydrogens is 499 g/mol. The van der Waals surface area contributed by atoms with Crippen molar-refractivity contribution in [3.8, 4) is 11.5 Å². The van der Waals surface area contributed by atoms with Crippen LogP contribution in [0.5, 0.6) is 11.5 Å². The Hall–Kier alpha value is -2.12. The van der Waals surface area contributed by atoms with E-state index in [1.807, 2.05) is 0 Å². The standard InChI is InChI=1S/C28H34N2O4.2ClH/c31-27-24-10-8-22(34-18-16-30-13-5-2-6-14-30)20-26(24)28(32)23-9-7-21(19-25(23)27)33-17-15-29-11-3-1-4-12-29;;/h7-10,19-20H,1-6,11-18H2;2*1H. The number of ether oxygens (including phenoxy) is 2. The molecule has 0 atom stereocenters. The average Bonchev–Trinajstić information content (AvgIpc) is 2.88. The van der Waals surface area contributed by atoms with Crippen molar-refractivity contribution < 1.29 is 19.1 Å². The number of carbonyl (C=O) groups excluding carboxylic acids is 2. The highest BCUT2D eigenvalue weighted by molar-refractivity contribution is 6.28. The number of hydrogen-bond acceptors (Lipinski definition) is 6. The monoisotopic (exact) mass is 534 g/mol. The zero-order valence-corrected chi connectivity index (χ0v) is 22.3. The van der Waals surface area contributed by atoms with Crippen LogP contribution in [0.1, 0.15) is 70.4 Å². The molecule has 2 aromatic carbocycles. The van der Waals surface area contributed by atoms with Crippen LogP contribution in [0.25, 0.3) is 0 Å². The van der Waals surface area contributed by atoms with Crippen molar-refractivity contribution >= 4 is 36.4 Å². The van der Waals surface area contributed by atoms with Gasteiger partial charge in [0.05, 0.1) is 0 Å². The Morgan fingerprint density at radius 1 is 0.556 bits per heavy atom. The Labute approximate surface area is 226 Å². The lowest BCUT2D eigenvalue weighted by molar-refractivity contribution is 0.0978. The van der Waals surface area contributed by atoms with Crippen LogP contribution in [0.3, 0.4) is 0 Å². The van der Waals surface area contributed by atoms with Gasteiger partial charge in [0.25, 0.3) is 0 Å². The molecule has 2 saturated heterocycles. The number of halogens is 2. The third-order valence-corrected chi connectivity index (χ3v) is 7.21. The van der Waals surface area contributed by atoms with E-state index >= 15 is 0 Å². The number of carbonyl (C=O) groups is 2. The second-order valence-electron chi connectivity index (χ2n) is 9.57. The van der Waals surface area contributed by atoms with Gasteiger partial charge in [-0.1, -0.05) is 12.8 Å². The predicted molar refractivity (Wildman–Crippen MR) is 146 cm³/mol. The van der Waals surface area contributed by atoms with Crippen LogP contribution < -0.4 is 9.47 Å². The molecule has 2 fully saturated rings. The van der Waals surface area contributed by atoms with Crippen LogP contribution >= 0.6 is 24.8 Å². The summed E-state index contributed by atoms with van der Waals surface area (Å²) in [5.74, 6) is 1.01. The molecule has 0 amide bonds. The van der Waals surface area contributed by atoms with Gasteiger partial charge in [-0.2, -0.15) is 0 Å². The van der Waals surface area contributed by atoms with Crippen molar-refractivity contribution in [1.29, 1.82) is 0 Å². The summed E-state index contributed by atoms with van der Waals surface area (Å²) in [5.41, 5.74) is 1.72. The fraction of sp³-hybridized carbons (Fsp3) is 0.500. The van der Waals surface area contributed by atoms with Gasteiger partial charge in [-0.05, 0) is 88.3 Å². The highest BCUT2D eigenvalue weighted by atomic mass is 35.5. The molecular formula is C28H36Cl2N2O4. The zero-order valence-electron chi connectivity index (χ0n) is 20.7. The van der Waals surface area contributed by atoms with E-state index in [9.17, 15) is 9.59 Å². The topological polar surface area (TPSA) is 59.1 Å². The molecule has 0 unspecified atom stereocenters. The first-order chi connectivity index (χ1) is 16.7. The maximum absolute atomic E-state index is 13.2. The highest BCUT2D eigenvalue weighted by Crippen LogP contribution is 2.32. The average molecular weight is 536 g/mol. The number of benzene rings is 2. The van der Waals surface area contributed by atoms with E-state index in [1.165, 1.54) is 38.5 Å². The van der Waals surface area contributed by atoms with Crippen LogP contribution in [0.4, 0.5) is 0 Å². The molecule has 2 aliphatic heterocycles. The first kappa shape index (κ1) is 28.5. The van der Waals surface area contributed by atoms with E-state index in [0.717, 1.165) is 39.3 Å². The lowest BCUT2D eigenvalue weighted by atomic mass is 9.84. The first-order valence-electron chi connectivity index (χ1n) is 12.8. The summed E-state index contributed by atoms with van der Waals surface area (Å²) >= 11 is 0. The summed E-state index contributed by atoms with van der Waals surface area (Å²) in [6, 6.07) is 10.5. The molecule has 0 N–H and O–H groups in total. The van der Waals surface area contributed by atoms with Crippen molar-refractivity contribution in [2.24, 2.45) is 0 Å². The number of nitrogens with zero attached hydrogens (tertiary/aromatic N) is 2. The molecule has 5 rings (SSSR count). The summed E-state index contributed by atoms with van der Waals surface area (Å²) in [7, 11) is 0. The van der Waals surface area contributed by atoms with Gasteiger partial charge in [-0.15, -0.1) is 24.8 Å². The Balaban J connectivity index is 0.00000180. The molecule has 0 spiro atoms. The van der Waals surface area contributed by atoms with E-state index in [-0.39, 0.29) is 36.4 Å². The van der Waals surface area contributed by atoms with Crippen molar-refractivity contribution in [3.05, 3.63) is 58.7 Å². The number of ketones is 2. The maximum Gasteiger partial charge on any atom is 0.194 e. The molecule has 0 saturated carbocycles. The van der Waals surface area contributed by atoms with Crippen LogP contribution in [0, 0.1) is 0 Å². The second kappa shape index (κ2) is 13.4. The van der Waals surface area contributed by atoms with E-state index in [4.69, 9.17) is 9.47 Å². The summed E-state index contributed by atoms with van der Waals surface area (Å²) < 4.78 is 11.9. The molecule has 1 aliphatic carbocycles. The van der Waals surface area contributed by atoms with E-state index in [0.29, 0.717) is 47.0 Å². The molecule has 0 aromatic heterocycles. The second-order valence-corrected chi connectivity index (χ2v) is 9.57. The van der Waals surface area contributed by atoms with Crippen LogP contribution in [-0.4, -0.2) is 73.8 Å². The molecule has 2 aromatic rings. The fourth-order valence-corrected chi connectivity index (χ4v) is 5.24. The van der Waals surface area contributed by atoms with Crippen LogP contribution in [0.2, 0.25) is 0 Å². The minimum absolute atomic E-state index is 0. The van der Waals surface area contributed by atoms with Crippen LogP contribution in [0.15, 0.2) is 36.4 Å². The third-order valence-electron chi connectivity index (χ3n) is 7.21. The number of fused-ring (bicyclic) bond motifs is 2. The lowest BCUT2D eigenvalue weighted by Crippen LogP contribution is -2.33. The van der Waals surface area contributed by atoms with Gasteiger partial charge in [0.1, 0.15) is 24.7 Å². The molecule has 3 aliphatic rings. The fourth-order valence-electron chi connectivity index (χ4n) is 5.24. The normalized spacial score (nSPS) is 17.9. The molecule has 6 nitrogen and oxygen atoms in total. The molecule has 196 valence electrons. The SMILES string of the molecule is Cl.Cl.O=C1c2ccc(OCCN3CCCCC3)cc2C(=O)c2ccc(OCCN3CCCCC3)cc21.